The number of aryl methyl sites for hydroxylation is 1. The number of thiophene rings is 1. The van der Waals surface area contributed by atoms with Crippen molar-refractivity contribution >= 4 is 55.4 Å². The highest BCUT2D eigenvalue weighted by Gasteiger charge is 2.37. The van der Waals surface area contributed by atoms with Crippen LogP contribution in [-0.4, -0.2) is 68.8 Å². The number of halogens is 3. The minimum absolute atomic E-state index is 0.00889. The van der Waals surface area contributed by atoms with Crippen molar-refractivity contribution in [2.24, 2.45) is 0 Å². The number of rotatable bonds is 2. The third-order valence-electron chi connectivity index (χ3n) is 7.78. The van der Waals surface area contributed by atoms with E-state index in [0.717, 1.165) is 29.7 Å². The number of piperazine rings is 1. The van der Waals surface area contributed by atoms with E-state index in [0.29, 0.717) is 6.42 Å². The average molecular weight is 626 g/mol. The van der Waals surface area contributed by atoms with Gasteiger partial charge < -0.3 is 24.2 Å². The monoisotopic (exact) mass is 625 g/mol. The predicted molar refractivity (Wildman–Crippen MR) is 156 cm³/mol. The van der Waals surface area contributed by atoms with Crippen LogP contribution in [0, 0.1) is 28.8 Å². The van der Waals surface area contributed by atoms with Crippen molar-refractivity contribution in [3.05, 3.63) is 53.0 Å². The van der Waals surface area contributed by atoms with Crippen LogP contribution in [0.4, 0.5) is 27.8 Å². The van der Waals surface area contributed by atoms with Crippen LogP contribution in [-0.2, 0) is 11.3 Å². The number of benzene rings is 2. The normalized spacial score (nSPS) is 16.8. The molecule has 0 unspecified atom stereocenters. The highest BCUT2D eigenvalue weighted by atomic mass is 32.1. The standard InChI is InChI=1S/C30H26F3N5O5S/c1-30(2,3)43-28(40)35-26-17(11-34)21-15(4-5-18(31)25(21)44-26)22-19(32)10-16-24-23(22)20(33)13-36(24)7-6-14-12-37(29(41)42)8-9-38(14)27(16)39/h4-5,10,13-14H,6-9,12H2,1-3H3,(H,35,40)(H,41,42)/t14-/m0/s1. The third kappa shape index (κ3) is 4.77. The van der Waals surface area contributed by atoms with Gasteiger partial charge in [0, 0.05) is 48.7 Å². The largest absolute Gasteiger partial charge is 0.465 e. The number of carbonyl (C=O) groups is 3. The fourth-order valence-corrected chi connectivity index (χ4v) is 7.06. The Morgan fingerprint density at radius 1 is 1.09 bits per heavy atom. The zero-order chi connectivity index (χ0) is 31.7. The zero-order valence-electron chi connectivity index (χ0n) is 23.8. The molecule has 2 aromatic carbocycles. The second-order valence-corrected chi connectivity index (χ2v) is 12.7. The molecule has 0 bridgehead atoms. The van der Waals surface area contributed by atoms with Gasteiger partial charge in [0.05, 0.1) is 27.4 Å². The molecule has 2 aliphatic rings. The van der Waals surface area contributed by atoms with Gasteiger partial charge in [-0.3, -0.25) is 10.1 Å². The van der Waals surface area contributed by atoms with E-state index in [1.807, 2.05) is 6.07 Å². The molecule has 0 saturated carbocycles. The van der Waals surface area contributed by atoms with Crippen LogP contribution >= 0.6 is 11.3 Å². The van der Waals surface area contributed by atoms with Crippen molar-refractivity contribution in [2.75, 3.05) is 25.0 Å². The molecule has 4 heterocycles. The van der Waals surface area contributed by atoms with E-state index < -0.39 is 47.2 Å². The van der Waals surface area contributed by atoms with Gasteiger partial charge >= 0.3 is 12.2 Å². The van der Waals surface area contributed by atoms with Crippen LogP contribution in [0.1, 0.15) is 43.1 Å². The van der Waals surface area contributed by atoms with Crippen molar-refractivity contribution in [2.45, 2.75) is 45.4 Å². The number of aromatic nitrogens is 1. The maximum atomic E-state index is 16.2. The first-order valence-electron chi connectivity index (χ1n) is 13.7. The molecule has 1 atom stereocenters. The number of anilines is 1. The van der Waals surface area contributed by atoms with E-state index in [-0.39, 0.29) is 74.4 Å². The summed E-state index contributed by atoms with van der Waals surface area (Å²) in [4.78, 5) is 40.5. The zero-order valence-corrected chi connectivity index (χ0v) is 24.6. The molecule has 1 fully saturated rings. The third-order valence-corrected chi connectivity index (χ3v) is 8.89. The molecule has 2 aliphatic heterocycles. The first-order chi connectivity index (χ1) is 20.8. The van der Waals surface area contributed by atoms with Gasteiger partial charge in [-0.1, -0.05) is 6.07 Å². The Balaban J connectivity index is 1.53. The van der Waals surface area contributed by atoms with Crippen LogP contribution < -0.4 is 5.32 Å². The fraction of sp³-hybridized carbons (Fsp3) is 0.333. The Morgan fingerprint density at radius 2 is 1.84 bits per heavy atom. The van der Waals surface area contributed by atoms with E-state index in [2.05, 4.69) is 5.32 Å². The number of ether oxygens (including phenoxy) is 1. The van der Waals surface area contributed by atoms with Gasteiger partial charge in [-0.2, -0.15) is 5.26 Å². The lowest BCUT2D eigenvalue weighted by Crippen LogP contribution is -2.57. The summed E-state index contributed by atoms with van der Waals surface area (Å²) in [5, 5.41) is 21.8. The van der Waals surface area contributed by atoms with Crippen LogP contribution in [0.2, 0.25) is 0 Å². The van der Waals surface area contributed by atoms with E-state index in [9.17, 15) is 24.8 Å². The molecule has 3 amide bonds. The molecule has 2 N–H and O–H groups in total. The lowest BCUT2D eigenvalue weighted by atomic mass is 9.93. The molecule has 44 heavy (non-hydrogen) atoms. The Labute approximate surface area is 252 Å². The lowest BCUT2D eigenvalue weighted by molar-refractivity contribution is 0.0419. The summed E-state index contributed by atoms with van der Waals surface area (Å²) in [7, 11) is 0. The molecule has 228 valence electrons. The first-order valence-corrected chi connectivity index (χ1v) is 14.6. The molecule has 0 radical (unpaired) electrons. The number of nitriles is 1. The minimum atomic E-state index is -1.11. The molecular weight excluding hydrogens is 599 g/mol. The van der Waals surface area contributed by atoms with Gasteiger partial charge in [0.1, 0.15) is 34.1 Å². The van der Waals surface area contributed by atoms with Crippen molar-refractivity contribution < 1.29 is 37.4 Å². The van der Waals surface area contributed by atoms with E-state index in [4.69, 9.17) is 4.74 Å². The summed E-state index contributed by atoms with van der Waals surface area (Å²) in [5.41, 5.74) is -1.21. The SMILES string of the molecule is CC(C)(C)OC(=O)Nc1sc2c(F)ccc(-c3c(F)cc4c5c3c(F)cn5CC[C@H]3CN(C(=O)O)CCN3C4=O)c2c1C#N. The lowest BCUT2D eigenvalue weighted by Gasteiger charge is -2.41. The van der Waals surface area contributed by atoms with Gasteiger partial charge in [0.25, 0.3) is 5.91 Å². The Bertz CT molecular complexity index is 1940. The second kappa shape index (κ2) is 10.4. The van der Waals surface area contributed by atoms with Gasteiger partial charge in [-0.25, -0.2) is 22.8 Å². The smallest absolute Gasteiger partial charge is 0.412 e. The summed E-state index contributed by atoms with van der Waals surface area (Å²) >= 11 is 0.761. The average Bonchev–Trinajstić information content (AvgIpc) is 3.47. The first kappa shape index (κ1) is 29.3. The molecule has 4 aromatic rings. The summed E-state index contributed by atoms with van der Waals surface area (Å²) in [5.74, 6) is -3.09. The highest BCUT2D eigenvalue weighted by Crippen LogP contribution is 2.46. The fourth-order valence-electron chi connectivity index (χ4n) is 6.00. The Morgan fingerprint density at radius 3 is 2.52 bits per heavy atom. The van der Waals surface area contributed by atoms with Gasteiger partial charge in [0.2, 0.25) is 0 Å². The summed E-state index contributed by atoms with van der Waals surface area (Å²) in [6.45, 7) is 5.42. The number of amides is 3. The van der Waals surface area contributed by atoms with E-state index in [1.165, 1.54) is 20.4 Å². The van der Waals surface area contributed by atoms with Crippen LogP contribution in [0.5, 0.6) is 0 Å². The number of nitrogens with zero attached hydrogens (tertiary/aromatic N) is 4. The quantitative estimate of drug-likeness (QED) is 0.267. The molecule has 14 heteroatoms. The number of hydrogen-bond donors (Lipinski definition) is 2. The van der Waals surface area contributed by atoms with Crippen LogP contribution in [0.3, 0.4) is 0 Å². The topological polar surface area (TPSA) is 128 Å². The molecule has 0 spiro atoms. The number of carboxylic acid groups (broad SMARTS) is 1. The highest BCUT2D eigenvalue weighted by molar-refractivity contribution is 7.23. The molecular formula is C30H26F3N5O5S. The molecule has 0 aliphatic carbocycles. The van der Waals surface area contributed by atoms with Gasteiger partial charge in [0.15, 0.2) is 0 Å². The number of fused-ring (bicyclic) bond motifs is 2. The van der Waals surface area contributed by atoms with Gasteiger partial charge in [-0.15, -0.1) is 11.3 Å². The molecule has 10 nitrogen and oxygen atoms in total. The minimum Gasteiger partial charge on any atom is -0.465 e. The second-order valence-electron chi connectivity index (χ2n) is 11.7. The summed E-state index contributed by atoms with van der Waals surface area (Å²) < 4.78 is 53.9. The Hall–Kier alpha value is -4.77. The molecule has 2 aromatic heterocycles. The van der Waals surface area contributed by atoms with Crippen molar-refractivity contribution in [3.63, 3.8) is 0 Å². The summed E-state index contributed by atoms with van der Waals surface area (Å²) in [6.07, 6.45) is -0.495. The van der Waals surface area contributed by atoms with E-state index in [1.54, 1.807) is 20.8 Å². The Kier molecular flexibility index (Phi) is 6.96. The molecule has 1 saturated heterocycles. The number of nitrogens with one attached hydrogen (secondary N) is 1. The van der Waals surface area contributed by atoms with Gasteiger partial charge in [-0.05, 0) is 44.9 Å². The molecule has 6 rings (SSSR count). The van der Waals surface area contributed by atoms with Crippen LogP contribution in [0.15, 0.2) is 24.4 Å². The van der Waals surface area contributed by atoms with Crippen molar-refractivity contribution in [3.8, 4) is 17.2 Å². The number of hydrogen-bond acceptors (Lipinski definition) is 6. The maximum absolute atomic E-state index is 16.2. The number of carbonyl (C=O) groups excluding carboxylic acids is 2. The van der Waals surface area contributed by atoms with E-state index >= 15 is 13.2 Å². The van der Waals surface area contributed by atoms with Crippen molar-refractivity contribution in [1.82, 2.24) is 14.4 Å². The summed E-state index contributed by atoms with van der Waals surface area (Å²) in [6, 6.07) is 4.79. The predicted octanol–water partition coefficient (Wildman–Crippen LogP) is 6.37. The maximum Gasteiger partial charge on any atom is 0.412 e. The van der Waals surface area contributed by atoms with Crippen LogP contribution in [0.25, 0.3) is 32.1 Å². The van der Waals surface area contributed by atoms with Crippen molar-refractivity contribution in [1.29, 1.82) is 5.26 Å².